The van der Waals surface area contributed by atoms with Crippen LogP contribution in [0.2, 0.25) is 0 Å². The minimum absolute atomic E-state index is 0.0745. The molecule has 1 aliphatic carbocycles. The Morgan fingerprint density at radius 1 is 1.06 bits per heavy atom. The van der Waals surface area contributed by atoms with E-state index >= 15 is 0 Å². The summed E-state index contributed by atoms with van der Waals surface area (Å²) in [6, 6.07) is 5.68. The van der Waals surface area contributed by atoms with E-state index in [0.29, 0.717) is 5.82 Å². The Balaban J connectivity index is 1.32. The third-order valence-corrected chi connectivity index (χ3v) is 5.95. The van der Waals surface area contributed by atoms with Crippen LogP contribution < -0.4 is 10.9 Å². The molecule has 4 aromatic heterocycles. The number of fused-ring (bicyclic) bond motifs is 1. The highest BCUT2D eigenvalue weighted by molar-refractivity contribution is 5.86. The number of nitrogens with zero attached hydrogens (tertiary/aromatic N) is 8. The zero-order valence-corrected chi connectivity index (χ0v) is 17.9. The van der Waals surface area contributed by atoms with Crippen molar-refractivity contribution in [1.82, 2.24) is 39.3 Å². The third kappa shape index (κ3) is 3.58. The Morgan fingerprint density at radius 3 is 2.61 bits per heavy atom. The Morgan fingerprint density at radius 2 is 1.87 bits per heavy atom. The van der Waals surface area contributed by atoms with Gasteiger partial charge in [-0.1, -0.05) is 0 Å². The molecule has 1 fully saturated rings. The molecular formula is C21H25N9O. The first-order valence-electron chi connectivity index (χ1n) is 10.5. The maximum absolute atomic E-state index is 12.5. The lowest BCUT2D eigenvalue weighted by atomic mass is 9.91. The molecule has 0 atom stereocenters. The zero-order valence-electron chi connectivity index (χ0n) is 17.9. The third-order valence-electron chi connectivity index (χ3n) is 5.95. The summed E-state index contributed by atoms with van der Waals surface area (Å²) in [5, 5.41) is 17.9. The van der Waals surface area contributed by atoms with Crippen LogP contribution in [-0.4, -0.2) is 45.4 Å². The number of nitrogens with one attached hydrogen (secondary N) is 1. The molecule has 0 aromatic carbocycles. The molecule has 0 amide bonds. The largest absolute Gasteiger partial charge is 0.367 e. The van der Waals surface area contributed by atoms with Gasteiger partial charge in [-0.05, 0) is 51.7 Å². The molecule has 1 saturated carbocycles. The first-order chi connectivity index (χ1) is 15.0. The lowest BCUT2D eigenvalue weighted by molar-refractivity contribution is 0.302. The molecule has 4 aromatic rings. The van der Waals surface area contributed by atoms with Crippen LogP contribution >= 0.6 is 0 Å². The number of hydrogen-bond acceptors (Lipinski definition) is 7. The van der Waals surface area contributed by atoms with Crippen LogP contribution in [0.5, 0.6) is 0 Å². The molecule has 1 aliphatic rings. The lowest BCUT2D eigenvalue weighted by Gasteiger charge is -2.30. The van der Waals surface area contributed by atoms with Crippen molar-refractivity contribution in [1.29, 1.82) is 0 Å². The number of hydrogen-bond donors (Lipinski definition) is 1. The van der Waals surface area contributed by atoms with Crippen LogP contribution in [0.15, 0.2) is 35.5 Å². The van der Waals surface area contributed by atoms with E-state index in [1.807, 2.05) is 27.0 Å². The number of aromatic nitrogens is 8. The number of aryl methyl sites for hydroxylation is 3. The van der Waals surface area contributed by atoms with E-state index in [1.165, 1.54) is 0 Å². The quantitative estimate of drug-likeness (QED) is 0.541. The summed E-state index contributed by atoms with van der Waals surface area (Å²) in [5.41, 5.74) is 2.66. The fourth-order valence-corrected chi connectivity index (χ4v) is 4.39. The number of anilines is 1. The average molecular weight is 419 g/mol. The van der Waals surface area contributed by atoms with Gasteiger partial charge in [-0.25, -0.2) is 19.3 Å². The lowest BCUT2D eigenvalue weighted by Crippen LogP contribution is -2.33. The Labute approximate surface area is 178 Å². The maximum atomic E-state index is 12.5. The van der Waals surface area contributed by atoms with E-state index in [1.54, 1.807) is 38.7 Å². The molecule has 0 spiro atoms. The first-order valence-corrected chi connectivity index (χ1v) is 10.5. The van der Waals surface area contributed by atoms with Gasteiger partial charge in [-0.3, -0.25) is 9.48 Å². The molecule has 4 heterocycles. The van der Waals surface area contributed by atoms with Gasteiger partial charge < -0.3 is 5.32 Å². The van der Waals surface area contributed by atoms with Crippen molar-refractivity contribution in [3.8, 4) is 5.82 Å². The summed E-state index contributed by atoms with van der Waals surface area (Å²) in [5.74, 6) is 1.48. The van der Waals surface area contributed by atoms with E-state index in [4.69, 9.17) is 0 Å². The van der Waals surface area contributed by atoms with E-state index in [2.05, 4.69) is 30.6 Å². The highest BCUT2D eigenvalue weighted by atomic mass is 16.1. The number of rotatable bonds is 4. The van der Waals surface area contributed by atoms with Gasteiger partial charge in [0.05, 0.1) is 23.3 Å². The van der Waals surface area contributed by atoms with Crippen LogP contribution in [0.25, 0.3) is 16.9 Å². The highest BCUT2D eigenvalue weighted by Gasteiger charge is 2.25. The van der Waals surface area contributed by atoms with Crippen molar-refractivity contribution < 1.29 is 0 Å². The van der Waals surface area contributed by atoms with Crippen LogP contribution in [0, 0.1) is 13.8 Å². The van der Waals surface area contributed by atoms with Gasteiger partial charge in [0.15, 0.2) is 11.5 Å². The predicted octanol–water partition coefficient (Wildman–Crippen LogP) is 2.32. The summed E-state index contributed by atoms with van der Waals surface area (Å²) in [7, 11) is 1.87. The minimum Gasteiger partial charge on any atom is -0.367 e. The van der Waals surface area contributed by atoms with Gasteiger partial charge in [0, 0.05) is 24.8 Å². The SMILES string of the molecule is Cc1cc(C)n(-c2ccc(=O)n(C3CCC(Nc4ncnc5c4cnn5C)CC3)n2)n1. The van der Waals surface area contributed by atoms with E-state index in [0.717, 1.165) is 53.9 Å². The van der Waals surface area contributed by atoms with Crippen molar-refractivity contribution in [2.45, 2.75) is 51.6 Å². The van der Waals surface area contributed by atoms with Crippen molar-refractivity contribution in [2.24, 2.45) is 7.05 Å². The topological polar surface area (TPSA) is 108 Å². The van der Waals surface area contributed by atoms with E-state index in [-0.39, 0.29) is 17.6 Å². The van der Waals surface area contributed by atoms with Gasteiger partial charge >= 0.3 is 0 Å². The normalized spacial score (nSPS) is 19.1. The fraction of sp³-hybridized carbons (Fsp3) is 0.429. The standard InChI is InChI=1S/C21H25N9O/c1-13-10-14(2)29(26-13)18-8-9-19(31)30(27-18)16-6-4-15(5-7-16)25-20-17-11-24-28(3)21(17)23-12-22-20/h8-12,15-16H,4-7H2,1-3H3,(H,22,23,25). The van der Waals surface area contributed by atoms with Crippen LogP contribution in [0.3, 0.4) is 0 Å². The molecule has 160 valence electrons. The molecular weight excluding hydrogens is 394 g/mol. The molecule has 0 radical (unpaired) electrons. The molecule has 31 heavy (non-hydrogen) atoms. The summed E-state index contributed by atoms with van der Waals surface area (Å²) >= 11 is 0. The molecule has 10 nitrogen and oxygen atoms in total. The molecule has 0 saturated heterocycles. The monoisotopic (exact) mass is 419 g/mol. The van der Waals surface area contributed by atoms with Gasteiger partial charge in [0.25, 0.3) is 5.56 Å². The minimum atomic E-state index is -0.0745. The average Bonchev–Trinajstić information content (AvgIpc) is 3.31. The second kappa shape index (κ2) is 7.60. The van der Waals surface area contributed by atoms with E-state index < -0.39 is 0 Å². The summed E-state index contributed by atoms with van der Waals surface area (Å²) in [4.78, 5) is 21.2. The molecule has 10 heteroatoms. The van der Waals surface area contributed by atoms with Gasteiger partial charge in [0.2, 0.25) is 0 Å². The second-order valence-corrected chi connectivity index (χ2v) is 8.19. The molecule has 0 unspecified atom stereocenters. The van der Waals surface area contributed by atoms with Crippen molar-refractivity contribution in [2.75, 3.05) is 5.32 Å². The molecule has 0 aliphatic heterocycles. The second-order valence-electron chi connectivity index (χ2n) is 8.19. The first kappa shape index (κ1) is 19.4. The summed E-state index contributed by atoms with van der Waals surface area (Å²) in [6.07, 6.45) is 6.94. The van der Waals surface area contributed by atoms with E-state index in [9.17, 15) is 4.79 Å². The van der Waals surface area contributed by atoms with Crippen molar-refractivity contribution in [3.63, 3.8) is 0 Å². The Bertz CT molecular complexity index is 1290. The van der Waals surface area contributed by atoms with Crippen LogP contribution in [-0.2, 0) is 7.05 Å². The molecule has 5 rings (SSSR count). The van der Waals surface area contributed by atoms with Crippen LogP contribution in [0.1, 0.15) is 43.1 Å². The Hall–Kier alpha value is -3.56. The molecule has 0 bridgehead atoms. The fourth-order valence-electron chi connectivity index (χ4n) is 4.39. The maximum Gasteiger partial charge on any atom is 0.267 e. The van der Waals surface area contributed by atoms with Gasteiger partial charge in [-0.2, -0.15) is 10.2 Å². The van der Waals surface area contributed by atoms with Crippen LogP contribution in [0.4, 0.5) is 5.82 Å². The van der Waals surface area contributed by atoms with Gasteiger partial charge in [0.1, 0.15) is 12.1 Å². The van der Waals surface area contributed by atoms with Crippen molar-refractivity contribution >= 4 is 16.9 Å². The summed E-state index contributed by atoms with van der Waals surface area (Å²) in [6.45, 7) is 3.94. The van der Waals surface area contributed by atoms with Crippen molar-refractivity contribution in [3.05, 3.63) is 52.5 Å². The highest BCUT2D eigenvalue weighted by Crippen LogP contribution is 2.30. The van der Waals surface area contributed by atoms with Gasteiger partial charge in [-0.15, -0.1) is 5.10 Å². The smallest absolute Gasteiger partial charge is 0.267 e. The Kier molecular flexibility index (Phi) is 4.76. The zero-order chi connectivity index (χ0) is 21.5. The molecule has 1 N–H and O–H groups in total. The predicted molar refractivity (Wildman–Crippen MR) is 116 cm³/mol. The summed E-state index contributed by atoms with van der Waals surface area (Å²) < 4.78 is 5.16.